The van der Waals surface area contributed by atoms with Gasteiger partial charge in [-0.1, -0.05) is 12.1 Å². The molecule has 0 aromatic heterocycles. The first-order valence-electron chi connectivity index (χ1n) is 7.55. The average Bonchev–Trinajstić information content (AvgIpc) is 2.61. The number of rotatable bonds is 6. The van der Waals surface area contributed by atoms with Crippen LogP contribution >= 0.6 is 0 Å². The van der Waals surface area contributed by atoms with Crippen LogP contribution in [-0.2, 0) is 11.2 Å². The molecular weight excluding hydrogens is 326 g/mol. The third kappa shape index (κ3) is 5.31. The molecule has 8 heteroatoms. The maximum atomic E-state index is 11.9. The van der Waals surface area contributed by atoms with Gasteiger partial charge in [-0.15, -0.1) is 0 Å². The Balaban J connectivity index is 1.84. The fourth-order valence-electron chi connectivity index (χ4n) is 2.03. The van der Waals surface area contributed by atoms with E-state index in [4.69, 9.17) is 4.74 Å². The van der Waals surface area contributed by atoms with E-state index in [-0.39, 0.29) is 12.1 Å². The fraction of sp³-hybridized carbons (Fsp3) is 0.176. The fourth-order valence-corrected chi connectivity index (χ4v) is 2.03. The SMILES string of the molecule is CCOc1ccc(C(=O)NNC(=O)Cc2ccc([N+](=O)[O-])cc2)cc1. The van der Waals surface area contributed by atoms with Gasteiger partial charge < -0.3 is 4.74 Å². The summed E-state index contributed by atoms with van der Waals surface area (Å²) in [6.07, 6.45) is -0.0123. The molecule has 2 rings (SSSR count). The molecule has 0 spiro atoms. The van der Waals surface area contributed by atoms with E-state index in [0.717, 1.165) is 0 Å². The van der Waals surface area contributed by atoms with Crippen LogP contribution in [0.3, 0.4) is 0 Å². The molecule has 8 nitrogen and oxygen atoms in total. The summed E-state index contributed by atoms with van der Waals surface area (Å²) in [4.78, 5) is 33.8. The van der Waals surface area contributed by atoms with Gasteiger partial charge in [-0.05, 0) is 36.8 Å². The lowest BCUT2D eigenvalue weighted by molar-refractivity contribution is -0.384. The first kappa shape index (κ1) is 17.9. The monoisotopic (exact) mass is 343 g/mol. The van der Waals surface area contributed by atoms with E-state index in [1.54, 1.807) is 24.3 Å². The van der Waals surface area contributed by atoms with Crippen molar-refractivity contribution in [3.05, 3.63) is 69.8 Å². The van der Waals surface area contributed by atoms with Crippen LogP contribution in [-0.4, -0.2) is 23.3 Å². The van der Waals surface area contributed by atoms with E-state index < -0.39 is 16.7 Å². The molecule has 0 fully saturated rings. The molecule has 25 heavy (non-hydrogen) atoms. The average molecular weight is 343 g/mol. The van der Waals surface area contributed by atoms with Crippen molar-refractivity contribution in [2.45, 2.75) is 13.3 Å². The second-order valence-electron chi connectivity index (χ2n) is 5.06. The molecule has 0 radical (unpaired) electrons. The van der Waals surface area contributed by atoms with Gasteiger partial charge in [0.25, 0.3) is 11.6 Å². The van der Waals surface area contributed by atoms with Gasteiger partial charge in [-0.2, -0.15) is 0 Å². The minimum Gasteiger partial charge on any atom is -0.494 e. The van der Waals surface area contributed by atoms with Crippen molar-refractivity contribution in [1.29, 1.82) is 0 Å². The van der Waals surface area contributed by atoms with E-state index >= 15 is 0 Å². The Kier molecular flexibility index (Phi) is 6.05. The number of hydrazine groups is 1. The summed E-state index contributed by atoms with van der Waals surface area (Å²) in [5, 5.41) is 10.6. The van der Waals surface area contributed by atoms with Crippen molar-refractivity contribution in [1.82, 2.24) is 10.9 Å². The molecule has 2 N–H and O–H groups in total. The van der Waals surface area contributed by atoms with E-state index in [1.807, 2.05) is 6.92 Å². The van der Waals surface area contributed by atoms with E-state index in [2.05, 4.69) is 10.9 Å². The summed E-state index contributed by atoms with van der Waals surface area (Å²) < 4.78 is 5.28. The lowest BCUT2D eigenvalue weighted by atomic mass is 10.1. The molecule has 2 aromatic rings. The maximum Gasteiger partial charge on any atom is 0.269 e. The summed E-state index contributed by atoms with van der Waals surface area (Å²) in [5.74, 6) is -0.241. The lowest BCUT2D eigenvalue weighted by Crippen LogP contribution is -2.42. The number of amides is 2. The molecule has 2 amide bonds. The molecule has 0 unspecified atom stereocenters. The molecule has 0 atom stereocenters. The minimum absolute atomic E-state index is 0.0123. The summed E-state index contributed by atoms with van der Waals surface area (Å²) in [7, 11) is 0. The Labute approximate surface area is 143 Å². The third-order valence-corrected chi connectivity index (χ3v) is 3.25. The van der Waals surface area contributed by atoms with Crippen LogP contribution in [0.4, 0.5) is 5.69 Å². The maximum absolute atomic E-state index is 11.9. The molecule has 0 heterocycles. The van der Waals surface area contributed by atoms with Crippen molar-refractivity contribution in [2.75, 3.05) is 6.61 Å². The number of nitrogens with one attached hydrogen (secondary N) is 2. The second-order valence-corrected chi connectivity index (χ2v) is 5.06. The van der Waals surface area contributed by atoms with Gasteiger partial charge >= 0.3 is 0 Å². The Bertz CT molecular complexity index is 757. The van der Waals surface area contributed by atoms with Gasteiger partial charge in [0.1, 0.15) is 5.75 Å². The lowest BCUT2D eigenvalue weighted by Gasteiger charge is -2.08. The van der Waals surface area contributed by atoms with Crippen molar-refractivity contribution in [3.63, 3.8) is 0 Å². The van der Waals surface area contributed by atoms with Gasteiger partial charge in [-0.25, -0.2) is 0 Å². The van der Waals surface area contributed by atoms with Gasteiger partial charge in [0.2, 0.25) is 5.91 Å². The highest BCUT2D eigenvalue weighted by atomic mass is 16.6. The number of ether oxygens (including phenoxy) is 1. The van der Waals surface area contributed by atoms with E-state index in [1.165, 1.54) is 24.3 Å². The van der Waals surface area contributed by atoms with Crippen LogP contribution < -0.4 is 15.6 Å². The number of carbonyl (C=O) groups excluding carboxylic acids is 2. The first-order chi connectivity index (χ1) is 12.0. The number of hydrogen-bond donors (Lipinski definition) is 2. The minimum atomic E-state index is -0.513. The molecule has 2 aromatic carbocycles. The van der Waals surface area contributed by atoms with Gasteiger partial charge in [0.05, 0.1) is 18.0 Å². The van der Waals surface area contributed by atoms with Crippen molar-refractivity contribution in [3.8, 4) is 5.75 Å². The Morgan fingerprint density at radius 3 is 2.24 bits per heavy atom. The van der Waals surface area contributed by atoms with Crippen LogP contribution in [0, 0.1) is 10.1 Å². The molecule has 0 aliphatic carbocycles. The summed E-state index contributed by atoms with van der Waals surface area (Å²) in [6, 6.07) is 12.1. The van der Waals surface area contributed by atoms with Crippen LogP contribution in [0.15, 0.2) is 48.5 Å². The number of nitro benzene ring substituents is 1. The standard InChI is InChI=1S/C17H17N3O5/c1-2-25-15-9-5-13(6-10-15)17(22)19-18-16(21)11-12-3-7-14(8-4-12)20(23)24/h3-10H,2,11H2,1H3,(H,18,21)(H,19,22). The Morgan fingerprint density at radius 2 is 1.68 bits per heavy atom. The molecule has 0 aliphatic rings. The van der Waals surface area contributed by atoms with Crippen LogP contribution in [0.1, 0.15) is 22.8 Å². The van der Waals surface area contributed by atoms with Crippen molar-refractivity contribution >= 4 is 17.5 Å². The second kappa shape index (κ2) is 8.44. The van der Waals surface area contributed by atoms with Crippen LogP contribution in [0.25, 0.3) is 0 Å². The quantitative estimate of drug-likeness (QED) is 0.615. The van der Waals surface area contributed by atoms with Gasteiger partial charge in [0.15, 0.2) is 0 Å². The highest BCUT2D eigenvalue weighted by Crippen LogP contribution is 2.13. The third-order valence-electron chi connectivity index (χ3n) is 3.25. The summed E-state index contributed by atoms with van der Waals surface area (Å²) >= 11 is 0. The van der Waals surface area contributed by atoms with Crippen molar-refractivity contribution in [2.24, 2.45) is 0 Å². The zero-order chi connectivity index (χ0) is 18.2. The Hall–Kier alpha value is -3.42. The number of nitro groups is 1. The smallest absolute Gasteiger partial charge is 0.269 e. The largest absolute Gasteiger partial charge is 0.494 e. The highest BCUT2D eigenvalue weighted by molar-refractivity contribution is 5.95. The highest BCUT2D eigenvalue weighted by Gasteiger charge is 2.10. The molecular formula is C17H17N3O5. The summed E-state index contributed by atoms with van der Waals surface area (Å²) in [6.45, 7) is 2.39. The zero-order valence-corrected chi connectivity index (χ0v) is 13.5. The molecule has 0 saturated heterocycles. The number of nitrogens with zero attached hydrogens (tertiary/aromatic N) is 1. The number of non-ortho nitro benzene ring substituents is 1. The van der Waals surface area contributed by atoms with Gasteiger partial charge in [-0.3, -0.25) is 30.6 Å². The predicted molar refractivity (Wildman–Crippen MR) is 90.0 cm³/mol. The predicted octanol–water partition coefficient (Wildman–Crippen LogP) is 2.00. The number of carbonyl (C=O) groups is 2. The van der Waals surface area contributed by atoms with Crippen LogP contribution in [0.5, 0.6) is 5.75 Å². The normalized spacial score (nSPS) is 9.96. The number of benzene rings is 2. The van der Waals surface area contributed by atoms with E-state index in [0.29, 0.717) is 23.5 Å². The molecule has 0 saturated carbocycles. The molecule has 130 valence electrons. The molecule has 0 aliphatic heterocycles. The van der Waals surface area contributed by atoms with Gasteiger partial charge in [0, 0.05) is 17.7 Å². The molecule has 0 bridgehead atoms. The van der Waals surface area contributed by atoms with Crippen LogP contribution in [0.2, 0.25) is 0 Å². The Morgan fingerprint density at radius 1 is 1.04 bits per heavy atom. The van der Waals surface area contributed by atoms with Crippen molar-refractivity contribution < 1.29 is 19.2 Å². The zero-order valence-electron chi connectivity index (χ0n) is 13.5. The number of hydrogen-bond acceptors (Lipinski definition) is 5. The topological polar surface area (TPSA) is 111 Å². The summed E-state index contributed by atoms with van der Waals surface area (Å²) in [5.41, 5.74) is 5.54. The first-order valence-corrected chi connectivity index (χ1v) is 7.55. The van der Waals surface area contributed by atoms with E-state index in [9.17, 15) is 19.7 Å².